The third-order valence-electron chi connectivity index (χ3n) is 4.71. The minimum Gasteiger partial charge on any atom is -0.476 e. The molecule has 2 aliphatic rings. The molecule has 0 saturated heterocycles. The Hall–Kier alpha value is -2.54. The maximum Gasteiger partial charge on any atom is 0.264 e. The van der Waals surface area contributed by atoms with E-state index in [9.17, 15) is 13.2 Å². The molecule has 0 spiro atoms. The Morgan fingerprint density at radius 3 is 2.68 bits per heavy atom. The normalized spacial score (nSPS) is 19.0. The zero-order valence-electron chi connectivity index (χ0n) is 13.5. The summed E-state index contributed by atoms with van der Waals surface area (Å²) in [6, 6.07) is 12.0. The molecule has 1 unspecified atom stereocenters. The van der Waals surface area contributed by atoms with E-state index in [1.807, 2.05) is 6.07 Å². The summed E-state index contributed by atoms with van der Waals surface area (Å²) in [6.45, 7) is -0.133. The standard InChI is InChI=1S/C18H18N2O4S/c19-18(21)17-11-20(15-6-1-2-7-16(15)24-17)25(22,23)14-9-8-12-4-3-5-13(12)10-14/h1-2,6-10,17H,3-5,11H2,(H2,19,21). The number of amides is 1. The van der Waals surface area contributed by atoms with Crippen LogP contribution in [0.25, 0.3) is 0 Å². The highest BCUT2D eigenvalue weighted by molar-refractivity contribution is 7.92. The van der Waals surface area contributed by atoms with Crippen molar-refractivity contribution in [2.24, 2.45) is 5.73 Å². The first-order valence-corrected chi connectivity index (χ1v) is 9.60. The van der Waals surface area contributed by atoms with Gasteiger partial charge in [-0.3, -0.25) is 9.10 Å². The molecule has 0 fully saturated rings. The molecule has 1 heterocycles. The van der Waals surface area contributed by atoms with E-state index in [2.05, 4.69) is 0 Å². The van der Waals surface area contributed by atoms with Gasteiger partial charge in [0.15, 0.2) is 6.10 Å². The molecule has 1 amide bonds. The maximum atomic E-state index is 13.2. The maximum absolute atomic E-state index is 13.2. The minimum atomic E-state index is -3.82. The van der Waals surface area contributed by atoms with Gasteiger partial charge in [-0.1, -0.05) is 18.2 Å². The molecule has 7 heteroatoms. The molecule has 2 aromatic carbocycles. The monoisotopic (exact) mass is 358 g/mol. The van der Waals surface area contributed by atoms with Gasteiger partial charge >= 0.3 is 0 Å². The van der Waals surface area contributed by atoms with Gasteiger partial charge in [-0.15, -0.1) is 0 Å². The lowest BCUT2D eigenvalue weighted by atomic mass is 10.1. The van der Waals surface area contributed by atoms with E-state index in [0.717, 1.165) is 24.8 Å². The van der Waals surface area contributed by atoms with Crippen molar-refractivity contribution in [3.8, 4) is 5.75 Å². The number of carbonyl (C=O) groups is 1. The highest BCUT2D eigenvalue weighted by atomic mass is 32.2. The second kappa shape index (κ2) is 5.77. The zero-order chi connectivity index (χ0) is 17.6. The molecule has 4 rings (SSSR count). The average Bonchev–Trinajstić information content (AvgIpc) is 3.08. The van der Waals surface area contributed by atoms with E-state index in [1.54, 1.807) is 36.4 Å². The first kappa shape index (κ1) is 16.0. The summed E-state index contributed by atoms with van der Waals surface area (Å²) in [4.78, 5) is 11.8. The molecule has 1 atom stereocenters. The van der Waals surface area contributed by atoms with Crippen LogP contribution in [0.2, 0.25) is 0 Å². The van der Waals surface area contributed by atoms with Crippen LogP contribution >= 0.6 is 0 Å². The van der Waals surface area contributed by atoms with Crippen LogP contribution in [-0.4, -0.2) is 27.0 Å². The lowest BCUT2D eigenvalue weighted by Crippen LogP contribution is -2.49. The first-order valence-electron chi connectivity index (χ1n) is 8.16. The topological polar surface area (TPSA) is 89.7 Å². The van der Waals surface area contributed by atoms with E-state index in [0.29, 0.717) is 11.4 Å². The van der Waals surface area contributed by atoms with Crippen LogP contribution in [0.4, 0.5) is 5.69 Å². The van der Waals surface area contributed by atoms with E-state index < -0.39 is 22.0 Å². The molecule has 0 bridgehead atoms. The summed E-state index contributed by atoms with van der Waals surface area (Å²) in [5.41, 5.74) is 8.06. The molecule has 25 heavy (non-hydrogen) atoms. The second-order valence-electron chi connectivity index (χ2n) is 6.30. The largest absolute Gasteiger partial charge is 0.476 e. The molecule has 130 valence electrons. The number of para-hydroxylation sites is 2. The van der Waals surface area contributed by atoms with Gasteiger partial charge in [-0.2, -0.15) is 0 Å². The quantitative estimate of drug-likeness (QED) is 0.903. The van der Waals surface area contributed by atoms with E-state index >= 15 is 0 Å². The van der Waals surface area contributed by atoms with Crippen LogP contribution in [0, 0.1) is 0 Å². The van der Waals surface area contributed by atoms with Gasteiger partial charge in [0.05, 0.1) is 17.1 Å². The number of sulfonamides is 1. The number of benzene rings is 2. The van der Waals surface area contributed by atoms with E-state index in [-0.39, 0.29) is 11.4 Å². The lowest BCUT2D eigenvalue weighted by Gasteiger charge is -2.34. The SMILES string of the molecule is NC(=O)C1CN(S(=O)(=O)c2ccc3c(c2)CCC3)c2ccccc2O1. The Balaban J connectivity index is 1.80. The number of primary amides is 1. The van der Waals surface area contributed by atoms with Crippen molar-refractivity contribution in [1.29, 1.82) is 0 Å². The Labute approximate surface area is 146 Å². The van der Waals surface area contributed by atoms with Crippen molar-refractivity contribution in [3.05, 3.63) is 53.6 Å². The molecule has 0 radical (unpaired) electrons. The van der Waals surface area contributed by atoms with Crippen molar-refractivity contribution < 1.29 is 17.9 Å². The Morgan fingerprint density at radius 2 is 1.88 bits per heavy atom. The van der Waals surface area contributed by atoms with Gasteiger partial charge in [0, 0.05) is 0 Å². The number of hydrogen-bond donors (Lipinski definition) is 1. The zero-order valence-corrected chi connectivity index (χ0v) is 14.3. The lowest BCUT2D eigenvalue weighted by molar-refractivity contribution is -0.124. The summed E-state index contributed by atoms with van der Waals surface area (Å²) in [6.07, 6.45) is 1.91. The molecule has 2 N–H and O–H groups in total. The number of ether oxygens (including phenoxy) is 1. The third kappa shape index (κ3) is 2.64. The molecule has 0 saturated carbocycles. The van der Waals surface area contributed by atoms with Crippen molar-refractivity contribution in [2.75, 3.05) is 10.8 Å². The average molecular weight is 358 g/mol. The number of aryl methyl sites for hydroxylation is 2. The molecule has 1 aliphatic heterocycles. The smallest absolute Gasteiger partial charge is 0.264 e. The number of anilines is 1. The highest BCUT2D eigenvalue weighted by Crippen LogP contribution is 2.37. The number of nitrogens with two attached hydrogens (primary N) is 1. The van der Waals surface area contributed by atoms with Crippen LogP contribution in [0.3, 0.4) is 0 Å². The predicted molar refractivity (Wildman–Crippen MR) is 93.1 cm³/mol. The highest BCUT2D eigenvalue weighted by Gasteiger charge is 2.36. The molecular formula is C18H18N2O4S. The third-order valence-corrected chi connectivity index (χ3v) is 6.49. The Kier molecular flexibility index (Phi) is 3.68. The van der Waals surface area contributed by atoms with Gasteiger partial charge in [0.1, 0.15) is 5.75 Å². The van der Waals surface area contributed by atoms with Gasteiger partial charge in [-0.25, -0.2) is 8.42 Å². The molecule has 0 aromatic heterocycles. The molecule has 2 aromatic rings. The van der Waals surface area contributed by atoms with Gasteiger partial charge in [0.2, 0.25) is 0 Å². The summed E-state index contributed by atoms with van der Waals surface area (Å²) in [5.74, 6) is -0.356. The van der Waals surface area contributed by atoms with Crippen molar-refractivity contribution in [2.45, 2.75) is 30.3 Å². The fraction of sp³-hybridized carbons (Fsp3) is 0.278. The van der Waals surface area contributed by atoms with Crippen LogP contribution < -0.4 is 14.8 Å². The fourth-order valence-electron chi connectivity index (χ4n) is 3.41. The number of nitrogens with zero attached hydrogens (tertiary/aromatic N) is 1. The fourth-order valence-corrected chi connectivity index (χ4v) is 4.94. The summed E-state index contributed by atoms with van der Waals surface area (Å²) in [7, 11) is -3.82. The number of fused-ring (bicyclic) bond motifs is 2. The molecular weight excluding hydrogens is 340 g/mol. The van der Waals surface area contributed by atoms with Crippen LogP contribution in [0.1, 0.15) is 17.5 Å². The van der Waals surface area contributed by atoms with E-state index in [1.165, 1.54) is 9.87 Å². The summed E-state index contributed by atoms with van der Waals surface area (Å²) < 4.78 is 33.2. The first-order chi connectivity index (χ1) is 12.0. The van der Waals surface area contributed by atoms with Crippen molar-refractivity contribution in [3.63, 3.8) is 0 Å². The van der Waals surface area contributed by atoms with Gasteiger partial charge in [0.25, 0.3) is 15.9 Å². The molecule has 6 nitrogen and oxygen atoms in total. The number of hydrogen-bond acceptors (Lipinski definition) is 4. The van der Waals surface area contributed by atoms with Crippen molar-refractivity contribution in [1.82, 2.24) is 0 Å². The molecule has 1 aliphatic carbocycles. The van der Waals surface area contributed by atoms with Gasteiger partial charge in [-0.05, 0) is 54.7 Å². The van der Waals surface area contributed by atoms with E-state index in [4.69, 9.17) is 10.5 Å². The summed E-state index contributed by atoms with van der Waals surface area (Å²) >= 11 is 0. The Bertz CT molecular complexity index is 955. The minimum absolute atomic E-state index is 0.133. The summed E-state index contributed by atoms with van der Waals surface area (Å²) in [5, 5.41) is 0. The van der Waals surface area contributed by atoms with Crippen molar-refractivity contribution >= 4 is 21.6 Å². The number of carbonyl (C=O) groups excluding carboxylic acids is 1. The van der Waals surface area contributed by atoms with Crippen LogP contribution in [0.15, 0.2) is 47.4 Å². The Morgan fingerprint density at radius 1 is 1.12 bits per heavy atom. The predicted octanol–water partition coefficient (Wildman–Crippen LogP) is 1.62. The van der Waals surface area contributed by atoms with Crippen LogP contribution in [0.5, 0.6) is 5.75 Å². The number of rotatable bonds is 3. The second-order valence-corrected chi connectivity index (χ2v) is 8.16. The van der Waals surface area contributed by atoms with Crippen LogP contribution in [-0.2, 0) is 27.7 Å². The van der Waals surface area contributed by atoms with Gasteiger partial charge < -0.3 is 10.5 Å².